The van der Waals surface area contributed by atoms with E-state index in [-0.39, 0.29) is 6.42 Å². The van der Waals surface area contributed by atoms with Gasteiger partial charge in [0, 0.05) is 19.0 Å². The summed E-state index contributed by atoms with van der Waals surface area (Å²) in [6.45, 7) is 5.29. The molecule has 0 spiro atoms. The van der Waals surface area contributed by atoms with E-state index in [9.17, 15) is 29.6 Å². The van der Waals surface area contributed by atoms with Gasteiger partial charge in [0.05, 0.1) is 4.92 Å². The number of nitrogens with two attached hydrogens (primary N) is 1. The molecule has 3 amide bonds. The van der Waals surface area contributed by atoms with Crippen molar-refractivity contribution in [2.24, 2.45) is 5.73 Å². The van der Waals surface area contributed by atoms with E-state index in [2.05, 4.69) is 5.32 Å². The van der Waals surface area contributed by atoms with Crippen LogP contribution in [0.1, 0.15) is 39.2 Å². The van der Waals surface area contributed by atoms with Gasteiger partial charge in [0.15, 0.2) is 5.75 Å². The lowest BCUT2D eigenvalue weighted by atomic mass is 10.0. The number of phenols is 1. The van der Waals surface area contributed by atoms with Crippen molar-refractivity contribution < 1.29 is 29.2 Å². The Morgan fingerprint density at radius 2 is 2.07 bits per heavy atom. The number of phenolic OH excluding ortho intramolecular Hbond substituents is 1. The molecule has 0 radical (unpaired) electrons. The number of hydrogen-bond donors (Lipinski definition) is 3. The third kappa shape index (κ3) is 5.82. The number of carbonyl (C=O) groups excluding carboxylic acids is 3. The fraction of sp³-hybridized carbons (Fsp3) is 0.526. The van der Waals surface area contributed by atoms with Crippen molar-refractivity contribution in [3.8, 4) is 5.75 Å². The molecular weight excluding hydrogens is 396 g/mol. The van der Waals surface area contributed by atoms with Gasteiger partial charge in [0.25, 0.3) is 0 Å². The fourth-order valence-electron chi connectivity index (χ4n) is 3.25. The number of rotatable bonds is 6. The molecule has 1 aliphatic rings. The normalized spacial score (nSPS) is 17.3. The summed E-state index contributed by atoms with van der Waals surface area (Å²) in [5.74, 6) is -1.70. The number of hydrogen-bond acceptors (Lipinski definition) is 7. The highest BCUT2D eigenvalue weighted by Gasteiger charge is 2.37. The number of ether oxygens (including phenoxy) is 1. The largest absolute Gasteiger partial charge is 0.502 e. The average molecular weight is 422 g/mol. The number of nitro groups is 1. The van der Waals surface area contributed by atoms with Gasteiger partial charge in [-0.25, -0.2) is 4.79 Å². The molecule has 11 heteroatoms. The highest BCUT2D eigenvalue weighted by Crippen LogP contribution is 2.27. The molecule has 11 nitrogen and oxygen atoms in total. The summed E-state index contributed by atoms with van der Waals surface area (Å²) in [5.41, 5.74) is 4.39. The number of benzene rings is 1. The lowest BCUT2D eigenvalue weighted by molar-refractivity contribution is -0.385. The number of primary amides is 1. The summed E-state index contributed by atoms with van der Waals surface area (Å²) in [4.78, 5) is 48.7. The molecule has 0 saturated carbocycles. The molecule has 30 heavy (non-hydrogen) atoms. The highest BCUT2D eigenvalue weighted by atomic mass is 16.6. The molecule has 0 bridgehead atoms. The van der Waals surface area contributed by atoms with Crippen LogP contribution in [0.5, 0.6) is 5.75 Å². The van der Waals surface area contributed by atoms with Gasteiger partial charge in [0.1, 0.15) is 17.7 Å². The average Bonchev–Trinajstić information content (AvgIpc) is 3.10. The zero-order chi connectivity index (χ0) is 22.6. The first kappa shape index (κ1) is 22.9. The van der Waals surface area contributed by atoms with Gasteiger partial charge in [-0.05, 0) is 45.2 Å². The standard InChI is InChI=1S/C19H26N4O7/c1-19(2,3)30-18(27)21-12(17(26)22-8-4-5-13(22)16(20)25)9-11-6-7-15(24)14(10-11)23(28)29/h6-7,10,12-13,24H,4-5,8-9H2,1-3H3,(H2,20,25)(H,21,27)/t12-,13-/m0/s1. The molecule has 0 aliphatic carbocycles. The first-order valence-corrected chi connectivity index (χ1v) is 9.44. The van der Waals surface area contributed by atoms with E-state index in [4.69, 9.17) is 10.5 Å². The summed E-state index contributed by atoms with van der Waals surface area (Å²) in [6, 6.07) is 1.75. The molecule has 1 aromatic rings. The summed E-state index contributed by atoms with van der Waals surface area (Å²) < 4.78 is 5.21. The Balaban J connectivity index is 2.30. The van der Waals surface area contributed by atoms with Crippen LogP contribution in [0, 0.1) is 10.1 Å². The van der Waals surface area contributed by atoms with Crippen molar-refractivity contribution >= 4 is 23.6 Å². The predicted octanol–water partition coefficient (Wildman–Crippen LogP) is 1.21. The van der Waals surface area contributed by atoms with E-state index in [1.807, 2.05) is 0 Å². The monoisotopic (exact) mass is 422 g/mol. The van der Waals surface area contributed by atoms with E-state index >= 15 is 0 Å². The van der Waals surface area contributed by atoms with Gasteiger partial charge in [-0.2, -0.15) is 0 Å². The Labute approximate surface area is 173 Å². The van der Waals surface area contributed by atoms with Crippen LogP contribution in [0.25, 0.3) is 0 Å². The molecule has 0 aromatic heterocycles. The molecule has 2 rings (SSSR count). The number of amides is 3. The van der Waals surface area contributed by atoms with Crippen LogP contribution in [-0.2, 0) is 20.7 Å². The van der Waals surface area contributed by atoms with Gasteiger partial charge in [-0.15, -0.1) is 0 Å². The van der Waals surface area contributed by atoms with Crippen molar-refractivity contribution in [3.63, 3.8) is 0 Å². The Kier molecular flexibility index (Phi) is 6.85. The lowest BCUT2D eigenvalue weighted by Gasteiger charge is -2.29. The van der Waals surface area contributed by atoms with Crippen LogP contribution in [-0.4, -0.2) is 57.1 Å². The maximum atomic E-state index is 13.1. The first-order chi connectivity index (χ1) is 13.9. The minimum Gasteiger partial charge on any atom is -0.502 e. The van der Waals surface area contributed by atoms with E-state index in [1.54, 1.807) is 20.8 Å². The van der Waals surface area contributed by atoms with Crippen LogP contribution in [0.2, 0.25) is 0 Å². The molecular formula is C19H26N4O7. The quantitative estimate of drug-likeness (QED) is 0.458. The van der Waals surface area contributed by atoms with E-state index < -0.39 is 52.0 Å². The van der Waals surface area contributed by atoms with E-state index in [0.717, 1.165) is 12.1 Å². The van der Waals surface area contributed by atoms with Crippen LogP contribution in [0.15, 0.2) is 18.2 Å². The molecule has 1 aromatic carbocycles. The number of alkyl carbamates (subject to hydrolysis) is 1. The van der Waals surface area contributed by atoms with Gasteiger partial charge in [-0.3, -0.25) is 19.7 Å². The molecule has 4 N–H and O–H groups in total. The highest BCUT2D eigenvalue weighted by molar-refractivity contribution is 5.91. The van der Waals surface area contributed by atoms with E-state index in [0.29, 0.717) is 24.9 Å². The summed E-state index contributed by atoms with van der Waals surface area (Å²) in [7, 11) is 0. The van der Waals surface area contributed by atoms with Gasteiger partial charge < -0.3 is 25.8 Å². The smallest absolute Gasteiger partial charge is 0.408 e. The molecule has 0 unspecified atom stereocenters. The molecule has 1 saturated heterocycles. The number of aromatic hydroxyl groups is 1. The van der Waals surface area contributed by atoms with Crippen LogP contribution in [0.3, 0.4) is 0 Å². The maximum Gasteiger partial charge on any atom is 0.408 e. The van der Waals surface area contributed by atoms with Crippen LogP contribution >= 0.6 is 0 Å². The number of nitro benzene ring substituents is 1. The van der Waals surface area contributed by atoms with Crippen molar-refractivity contribution in [1.29, 1.82) is 0 Å². The second kappa shape index (κ2) is 8.97. The lowest BCUT2D eigenvalue weighted by Crippen LogP contribution is -2.54. The molecule has 2 atom stereocenters. The summed E-state index contributed by atoms with van der Waals surface area (Å²) >= 11 is 0. The third-order valence-corrected chi connectivity index (χ3v) is 4.53. The molecule has 164 valence electrons. The number of nitrogens with one attached hydrogen (secondary N) is 1. The minimum atomic E-state index is -1.15. The Morgan fingerprint density at radius 1 is 1.40 bits per heavy atom. The second-order valence-electron chi connectivity index (χ2n) is 8.08. The predicted molar refractivity (Wildman–Crippen MR) is 106 cm³/mol. The second-order valence-corrected chi connectivity index (χ2v) is 8.08. The fourth-order valence-corrected chi connectivity index (χ4v) is 3.25. The van der Waals surface area contributed by atoms with Crippen molar-refractivity contribution in [2.75, 3.05) is 6.54 Å². The molecule has 1 fully saturated rings. The Hall–Kier alpha value is -3.37. The molecule has 1 heterocycles. The van der Waals surface area contributed by atoms with Gasteiger partial charge >= 0.3 is 11.8 Å². The van der Waals surface area contributed by atoms with Gasteiger partial charge in [-0.1, -0.05) is 6.07 Å². The van der Waals surface area contributed by atoms with Crippen molar-refractivity contribution in [1.82, 2.24) is 10.2 Å². The van der Waals surface area contributed by atoms with Crippen molar-refractivity contribution in [2.45, 2.75) is 57.7 Å². The topological polar surface area (TPSA) is 165 Å². The maximum absolute atomic E-state index is 13.1. The SMILES string of the molecule is CC(C)(C)OC(=O)N[C@@H](Cc1ccc(O)c([N+](=O)[O-])c1)C(=O)N1CCC[C@H]1C(N)=O. The van der Waals surface area contributed by atoms with Crippen molar-refractivity contribution in [3.05, 3.63) is 33.9 Å². The number of carbonyl (C=O) groups is 3. The first-order valence-electron chi connectivity index (χ1n) is 9.44. The number of likely N-dealkylation sites (tertiary alicyclic amines) is 1. The minimum absolute atomic E-state index is 0.110. The Morgan fingerprint density at radius 3 is 2.63 bits per heavy atom. The van der Waals surface area contributed by atoms with Crippen LogP contribution in [0.4, 0.5) is 10.5 Å². The zero-order valence-electron chi connectivity index (χ0n) is 17.1. The van der Waals surface area contributed by atoms with Gasteiger partial charge in [0.2, 0.25) is 11.8 Å². The zero-order valence-corrected chi connectivity index (χ0v) is 17.1. The number of nitrogens with zero attached hydrogens (tertiary/aromatic N) is 2. The van der Waals surface area contributed by atoms with E-state index in [1.165, 1.54) is 11.0 Å². The summed E-state index contributed by atoms with van der Waals surface area (Å²) in [5, 5.41) is 23.2. The summed E-state index contributed by atoms with van der Waals surface area (Å²) in [6.07, 6.45) is 0.0545. The third-order valence-electron chi connectivity index (χ3n) is 4.53. The molecule has 1 aliphatic heterocycles. The Bertz CT molecular complexity index is 850. The van der Waals surface area contributed by atoms with Crippen LogP contribution < -0.4 is 11.1 Å².